The highest BCUT2D eigenvalue weighted by molar-refractivity contribution is 6.03. The Balaban J connectivity index is 2.74. The summed E-state index contributed by atoms with van der Waals surface area (Å²) < 4.78 is 0. The molecule has 1 rings (SSSR count). The van der Waals surface area contributed by atoms with Gasteiger partial charge in [0.2, 0.25) is 5.91 Å². The van der Waals surface area contributed by atoms with E-state index in [1.165, 1.54) is 0 Å². The molecular weight excluding hydrogens is 266 g/mol. The molecule has 0 aromatic heterocycles. The minimum absolute atomic E-state index is 0.0530. The molecule has 0 aliphatic carbocycles. The number of nitrogens with two attached hydrogens (primary N) is 1. The maximum atomic E-state index is 12.1. The highest BCUT2D eigenvalue weighted by Gasteiger charge is 2.14. The van der Waals surface area contributed by atoms with Crippen molar-refractivity contribution < 1.29 is 9.59 Å². The van der Waals surface area contributed by atoms with Crippen LogP contribution < -0.4 is 16.4 Å². The maximum Gasteiger partial charge on any atom is 0.253 e. The van der Waals surface area contributed by atoms with Gasteiger partial charge in [0.25, 0.3) is 5.91 Å². The lowest BCUT2D eigenvalue weighted by molar-refractivity contribution is -0.117. The summed E-state index contributed by atoms with van der Waals surface area (Å²) in [6.07, 6.45) is 2.43. The molecule has 0 unspecified atom stereocenters. The third kappa shape index (κ3) is 5.55. The number of carbonyl (C=O) groups is 2. The van der Waals surface area contributed by atoms with Crippen molar-refractivity contribution in [1.82, 2.24) is 5.32 Å². The van der Waals surface area contributed by atoms with Crippen LogP contribution in [0, 0.1) is 5.92 Å². The summed E-state index contributed by atoms with van der Waals surface area (Å²) in [7, 11) is 0. The van der Waals surface area contributed by atoms with Gasteiger partial charge in [-0.2, -0.15) is 0 Å². The molecule has 0 aliphatic heterocycles. The molecule has 0 heterocycles. The van der Waals surface area contributed by atoms with Crippen molar-refractivity contribution in [3.05, 3.63) is 29.8 Å². The minimum atomic E-state index is -0.223. The lowest BCUT2D eigenvalue weighted by Crippen LogP contribution is -2.30. The van der Waals surface area contributed by atoms with Crippen molar-refractivity contribution in [3.63, 3.8) is 0 Å². The Morgan fingerprint density at radius 2 is 1.86 bits per heavy atom. The van der Waals surface area contributed by atoms with Gasteiger partial charge in [0, 0.05) is 19.5 Å². The van der Waals surface area contributed by atoms with E-state index in [9.17, 15) is 9.59 Å². The second-order valence-corrected chi connectivity index (χ2v) is 5.02. The van der Waals surface area contributed by atoms with Crippen LogP contribution in [0.4, 0.5) is 5.69 Å². The number of benzene rings is 1. The second-order valence-electron chi connectivity index (χ2n) is 5.02. The van der Waals surface area contributed by atoms with Gasteiger partial charge >= 0.3 is 0 Å². The molecule has 21 heavy (non-hydrogen) atoms. The van der Waals surface area contributed by atoms with Crippen molar-refractivity contribution in [2.75, 3.05) is 18.4 Å². The molecule has 0 radical (unpaired) electrons. The summed E-state index contributed by atoms with van der Waals surface area (Å²) in [5.41, 5.74) is 6.38. The summed E-state index contributed by atoms with van der Waals surface area (Å²) in [6.45, 7) is 4.95. The van der Waals surface area contributed by atoms with Crippen LogP contribution in [0.2, 0.25) is 0 Å². The monoisotopic (exact) mass is 291 g/mol. The highest BCUT2D eigenvalue weighted by Crippen LogP contribution is 2.18. The number of amides is 2. The quantitative estimate of drug-likeness (QED) is 0.686. The van der Waals surface area contributed by atoms with E-state index in [1.807, 2.05) is 0 Å². The molecule has 0 saturated heterocycles. The molecule has 0 saturated carbocycles. The van der Waals surface area contributed by atoms with Crippen LogP contribution in [0.3, 0.4) is 0 Å². The Kier molecular flexibility index (Phi) is 7.46. The number of nitrogens with one attached hydrogen (secondary N) is 2. The molecule has 1 aromatic rings. The summed E-state index contributed by atoms with van der Waals surface area (Å²) in [6, 6.07) is 7.00. The number of para-hydroxylation sites is 1. The van der Waals surface area contributed by atoms with E-state index in [-0.39, 0.29) is 11.8 Å². The van der Waals surface area contributed by atoms with Gasteiger partial charge in [-0.25, -0.2) is 0 Å². The Bertz CT molecular complexity index is 470. The van der Waals surface area contributed by atoms with Crippen molar-refractivity contribution in [1.29, 1.82) is 0 Å². The molecule has 0 fully saturated rings. The number of anilines is 1. The summed E-state index contributed by atoms with van der Waals surface area (Å²) in [5, 5.41) is 5.55. The molecular formula is C16H25N3O2. The molecule has 5 heteroatoms. The fourth-order valence-corrected chi connectivity index (χ4v) is 2.11. The summed E-state index contributed by atoms with van der Waals surface area (Å²) >= 11 is 0. The van der Waals surface area contributed by atoms with E-state index in [0.29, 0.717) is 36.7 Å². The lowest BCUT2D eigenvalue weighted by atomic mass is 9.99. The van der Waals surface area contributed by atoms with E-state index in [4.69, 9.17) is 5.73 Å². The number of hydrogen-bond donors (Lipinski definition) is 3. The third-order valence-corrected chi connectivity index (χ3v) is 3.50. The average Bonchev–Trinajstić information content (AvgIpc) is 2.50. The fourth-order valence-electron chi connectivity index (χ4n) is 2.11. The maximum absolute atomic E-state index is 12.1. The zero-order valence-corrected chi connectivity index (χ0v) is 12.8. The highest BCUT2D eigenvalue weighted by atomic mass is 16.2. The molecule has 0 atom stereocenters. The van der Waals surface area contributed by atoms with Crippen molar-refractivity contribution in [2.45, 2.75) is 33.1 Å². The zero-order valence-electron chi connectivity index (χ0n) is 12.8. The van der Waals surface area contributed by atoms with Crippen molar-refractivity contribution >= 4 is 17.5 Å². The first-order valence-corrected chi connectivity index (χ1v) is 7.49. The number of rotatable bonds is 8. The van der Waals surface area contributed by atoms with Crippen molar-refractivity contribution in [3.8, 4) is 0 Å². The van der Waals surface area contributed by atoms with Crippen molar-refractivity contribution in [2.24, 2.45) is 11.7 Å². The summed E-state index contributed by atoms with van der Waals surface area (Å²) in [4.78, 5) is 24.1. The van der Waals surface area contributed by atoms with Gasteiger partial charge in [-0.1, -0.05) is 38.8 Å². The second kappa shape index (κ2) is 9.13. The normalized spacial score (nSPS) is 10.5. The van der Waals surface area contributed by atoms with Gasteiger partial charge in [0.1, 0.15) is 0 Å². The Hall–Kier alpha value is -1.88. The minimum Gasteiger partial charge on any atom is -0.351 e. The molecule has 4 N–H and O–H groups in total. The van der Waals surface area contributed by atoms with Gasteiger partial charge in [-0.3, -0.25) is 9.59 Å². The molecule has 2 amide bonds. The summed E-state index contributed by atoms with van der Waals surface area (Å²) in [5.74, 6) is 0.102. The number of hydrogen-bond acceptors (Lipinski definition) is 3. The largest absolute Gasteiger partial charge is 0.351 e. The van der Waals surface area contributed by atoms with Crippen LogP contribution in [0.5, 0.6) is 0 Å². The first kappa shape index (κ1) is 17.2. The molecule has 116 valence electrons. The van der Waals surface area contributed by atoms with Gasteiger partial charge in [-0.15, -0.1) is 0 Å². The Morgan fingerprint density at radius 3 is 2.48 bits per heavy atom. The average molecular weight is 291 g/mol. The zero-order chi connectivity index (χ0) is 15.7. The molecule has 1 aromatic carbocycles. The van der Waals surface area contributed by atoms with E-state index in [0.717, 1.165) is 12.8 Å². The molecule has 0 bridgehead atoms. The predicted octanol–water partition coefficient (Wildman–Crippen LogP) is 2.14. The van der Waals surface area contributed by atoms with Gasteiger partial charge in [-0.05, 0) is 18.1 Å². The number of carbonyl (C=O) groups excluding carboxylic acids is 2. The Labute approximate surface area is 126 Å². The van der Waals surface area contributed by atoms with Crippen LogP contribution >= 0.6 is 0 Å². The van der Waals surface area contributed by atoms with E-state index < -0.39 is 0 Å². The Morgan fingerprint density at radius 1 is 1.19 bits per heavy atom. The van der Waals surface area contributed by atoms with Crippen LogP contribution in [0.25, 0.3) is 0 Å². The van der Waals surface area contributed by atoms with Crippen LogP contribution in [0.15, 0.2) is 24.3 Å². The van der Waals surface area contributed by atoms with Gasteiger partial charge < -0.3 is 16.4 Å². The smallest absolute Gasteiger partial charge is 0.253 e. The first-order chi connectivity index (χ1) is 10.1. The van der Waals surface area contributed by atoms with E-state index in [2.05, 4.69) is 24.5 Å². The van der Waals surface area contributed by atoms with E-state index >= 15 is 0 Å². The molecule has 5 nitrogen and oxygen atoms in total. The SMILES string of the molecule is CCC(CC)CC(=O)Nc1ccccc1C(=O)NCCN. The first-order valence-electron chi connectivity index (χ1n) is 7.49. The van der Waals surface area contributed by atoms with E-state index in [1.54, 1.807) is 24.3 Å². The fraction of sp³-hybridized carbons (Fsp3) is 0.500. The lowest BCUT2D eigenvalue weighted by Gasteiger charge is -2.14. The molecule has 0 spiro atoms. The predicted molar refractivity (Wildman–Crippen MR) is 85.1 cm³/mol. The molecule has 0 aliphatic rings. The van der Waals surface area contributed by atoms with Crippen LogP contribution in [-0.2, 0) is 4.79 Å². The van der Waals surface area contributed by atoms with Crippen LogP contribution in [0.1, 0.15) is 43.5 Å². The van der Waals surface area contributed by atoms with Crippen LogP contribution in [-0.4, -0.2) is 24.9 Å². The van der Waals surface area contributed by atoms with Gasteiger partial charge in [0.15, 0.2) is 0 Å². The third-order valence-electron chi connectivity index (χ3n) is 3.50. The topological polar surface area (TPSA) is 84.2 Å². The van der Waals surface area contributed by atoms with Gasteiger partial charge in [0.05, 0.1) is 11.3 Å². The standard InChI is InChI=1S/C16H25N3O2/c1-3-12(4-2)11-15(20)19-14-8-6-5-7-13(14)16(21)18-10-9-17/h5-8,12H,3-4,9-11,17H2,1-2H3,(H,18,21)(H,19,20).